The SMILES string of the molecule is CCN(CCOC)C(C)C(=O)OC(C)(C)C. The number of nitrogens with zero attached hydrogens (tertiary/aromatic N) is 1. The minimum Gasteiger partial charge on any atom is -0.459 e. The lowest BCUT2D eigenvalue weighted by Crippen LogP contribution is -2.43. The van der Waals surface area contributed by atoms with Crippen LogP contribution >= 0.6 is 0 Å². The Bertz CT molecular complexity index is 211. The highest BCUT2D eigenvalue weighted by atomic mass is 16.6. The van der Waals surface area contributed by atoms with Gasteiger partial charge in [-0.15, -0.1) is 0 Å². The first kappa shape index (κ1) is 15.4. The standard InChI is InChI=1S/C12H25NO3/c1-7-13(8-9-15-6)10(2)11(14)16-12(3,4)5/h10H,7-9H2,1-6H3. The molecule has 0 rings (SSSR count). The molecule has 0 N–H and O–H groups in total. The summed E-state index contributed by atoms with van der Waals surface area (Å²) in [7, 11) is 1.66. The lowest BCUT2D eigenvalue weighted by atomic mass is 10.2. The van der Waals surface area contributed by atoms with Gasteiger partial charge < -0.3 is 9.47 Å². The first-order valence-corrected chi connectivity index (χ1v) is 5.77. The van der Waals surface area contributed by atoms with E-state index in [1.165, 1.54) is 0 Å². The number of carbonyl (C=O) groups is 1. The van der Waals surface area contributed by atoms with E-state index in [9.17, 15) is 4.79 Å². The molecule has 0 radical (unpaired) electrons. The summed E-state index contributed by atoms with van der Waals surface area (Å²) >= 11 is 0. The van der Waals surface area contributed by atoms with Crippen LogP contribution in [0.2, 0.25) is 0 Å². The Kier molecular flexibility index (Phi) is 6.60. The van der Waals surface area contributed by atoms with Crippen molar-refractivity contribution in [2.24, 2.45) is 0 Å². The van der Waals surface area contributed by atoms with Crippen LogP contribution in [0.5, 0.6) is 0 Å². The van der Waals surface area contributed by atoms with Gasteiger partial charge in [0.05, 0.1) is 6.61 Å². The van der Waals surface area contributed by atoms with Crippen LogP contribution in [0.15, 0.2) is 0 Å². The maximum absolute atomic E-state index is 11.8. The van der Waals surface area contributed by atoms with Gasteiger partial charge in [-0.2, -0.15) is 0 Å². The summed E-state index contributed by atoms with van der Waals surface area (Å²) in [6.07, 6.45) is 0. The molecule has 0 saturated carbocycles. The van der Waals surface area contributed by atoms with Gasteiger partial charge in [-0.25, -0.2) is 0 Å². The molecule has 4 heteroatoms. The Labute approximate surface area is 98.9 Å². The number of esters is 1. The molecular weight excluding hydrogens is 206 g/mol. The molecule has 0 spiro atoms. The number of methoxy groups -OCH3 is 1. The zero-order valence-electron chi connectivity index (χ0n) is 11.4. The van der Waals surface area contributed by atoms with E-state index in [1.54, 1.807) is 7.11 Å². The van der Waals surface area contributed by atoms with Crippen molar-refractivity contribution in [3.63, 3.8) is 0 Å². The molecule has 0 saturated heterocycles. The fourth-order valence-corrected chi connectivity index (χ4v) is 1.37. The Hall–Kier alpha value is -0.610. The summed E-state index contributed by atoms with van der Waals surface area (Å²) in [4.78, 5) is 13.9. The van der Waals surface area contributed by atoms with E-state index in [2.05, 4.69) is 0 Å². The van der Waals surface area contributed by atoms with Crippen LogP contribution in [0, 0.1) is 0 Å². The maximum Gasteiger partial charge on any atom is 0.323 e. The van der Waals surface area contributed by atoms with Crippen LogP contribution in [0.1, 0.15) is 34.6 Å². The molecule has 1 atom stereocenters. The predicted molar refractivity (Wildman–Crippen MR) is 64.4 cm³/mol. The Morgan fingerprint density at radius 1 is 1.38 bits per heavy atom. The van der Waals surface area contributed by atoms with Crippen LogP contribution < -0.4 is 0 Å². The van der Waals surface area contributed by atoms with Gasteiger partial charge in [-0.1, -0.05) is 6.92 Å². The highest BCUT2D eigenvalue weighted by Crippen LogP contribution is 2.11. The van der Waals surface area contributed by atoms with Gasteiger partial charge in [-0.05, 0) is 34.2 Å². The maximum atomic E-state index is 11.8. The molecule has 0 aliphatic rings. The summed E-state index contributed by atoms with van der Waals surface area (Å²) in [5.74, 6) is -0.176. The molecule has 0 amide bonds. The molecule has 0 aromatic rings. The molecule has 0 bridgehead atoms. The molecule has 0 aliphatic carbocycles. The van der Waals surface area contributed by atoms with Gasteiger partial charge in [0.1, 0.15) is 11.6 Å². The number of hydrogen-bond acceptors (Lipinski definition) is 4. The molecule has 0 aliphatic heterocycles. The van der Waals surface area contributed by atoms with E-state index in [1.807, 2.05) is 39.5 Å². The molecule has 96 valence electrons. The second-order valence-electron chi connectivity index (χ2n) is 4.83. The van der Waals surface area contributed by atoms with Crippen LogP contribution in [-0.2, 0) is 14.3 Å². The molecule has 0 aromatic carbocycles. The quantitative estimate of drug-likeness (QED) is 0.652. The zero-order chi connectivity index (χ0) is 12.8. The number of likely N-dealkylation sites (N-methyl/N-ethyl adjacent to an activating group) is 1. The average Bonchev–Trinajstić information content (AvgIpc) is 2.16. The molecule has 0 heterocycles. The number of carbonyl (C=O) groups excluding carboxylic acids is 1. The molecule has 1 unspecified atom stereocenters. The lowest BCUT2D eigenvalue weighted by molar-refractivity contribution is -0.160. The molecule has 0 fully saturated rings. The molecule has 0 aromatic heterocycles. The van der Waals surface area contributed by atoms with Crippen LogP contribution in [0.25, 0.3) is 0 Å². The van der Waals surface area contributed by atoms with Crippen molar-refractivity contribution in [3.05, 3.63) is 0 Å². The van der Waals surface area contributed by atoms with Gasteiger partial charge in [0.25, 0.3) is 0 Å². The lowest BCUT2D eigenvalue weighted by Gasteiger charge is -2.29. The van der Waals surface area contributed by atoms with Gasteiger partial charge >= 0.3 is 5.97 Å². The van der Waals surface area contributed by atoms with Crippen LogP contribution in [0.3, 0.4) is 0 Å². The Balaban J connectivity index is 4.27. The fraction of sp³-hybridized carbons (Fsp3) is 0.917. The van der Waals surface area contributed by atoms with Gasteiger partial charge in [0.15, 0.2) is 0 Å². The summed E-state index contributed by atoms with van der Waals surface area (Å²) < 4.78 is 10.4. The second kappa shape index (κ2) is 6.86. The first-order valence-electron chi connectivity index (χ1n) is 5.77. The highest BCUT2D eigenvalue weighted by Gasteiger charge is 2.25. The van der Waals surface area contributed by atoms with Gasteiger partial charge in [0.2, 0.25) is 0 Å². The second-order valence-corrected chi connectivity index (χ2v) is 4.83. The van der Waals surface area contributed by atoms with Crippen LogP contribution in [-0.4, -0.2) is 49.3 Å². The summed E-state index contributed by atoms with van der Waals surface area (Å²) in [5, 5.41) is 0. The molecule has 16 heavy (non-hydrogen) atoms. The number of rotatable bonds is 6. The van der Waals surface area contributed by atoms with E-state index in [0.29, 0.717) is 6.61 Å². The largest absolute Gasteiger partial charge is 0.459 e. The van der Waals surface area contributed by atoms with Crippen molar-refractivity contribution in [3.8, 4) is 0 Å². The molecular formula is C12H25NO3. The van der Waals surface area contributed by atoms with E-state index in [-0.39, 0.29) is 12.0 Å². The van der Waals surface area contributed by atoms with Crippen molar-refractivity contribution in [1.29, 1.82) is 0 Å². The average molecular weight is 231 g/mol. The minimum atomic E-state index is -0.425. The van der Waals surface area contributed by atoms with Gasteiger partial charge in [0, 0.05) is 13.7 Å². The normalized spacial score (nSPS) is 13.9. The predicted octanol–water partition coefficient (Wildman–Crippen LogP) is 1.68. The van der Waals surface area contributed by atoms with Crippen molar-refractivity contribution in [2.45, 2.75) is 46.3 Å². The number of hydrogen-bond donors (Lipinski definition) is 0. The van der Waals surface area contributed by atoms with Crippen molar-refractivity contribution >= 4 is 5.97 Å². The van der Waals surface area contributed by atoms with Crippen molar-refractivity contribution in [1.82, 2.24) is 4.90 Å². The fourth-order valence-electron chi connectivity index (χ4n) is 1.37. The Morgan fingerprint density at radius 2 is 1.94 bits per heavy atom. The Morgan fingerprint density at radius 3 is 2.31 bits per heavy atom. The highest BCUT2D eigenvalue weighted by molar-refractivity contribution is 5.75. The van der Waals surface area contributed by atoms with E-state index in [4.69, 9.17) is 9.47 Å². The topological polar surface area (TPSA) is 38.8 Å². The monoisotopic (exact) mass is 231 g/mol. The third-order valence-electron chi connectivity index (χ3n) is 2.28. The minimum absolute atomic E-state index is 0.176. The third kappa shape index (κ3) is 6.08. The van der Waals surface area contributed by atoms with Gasteiger partial charge in [-0.3, -0.25) is 9.69 Å². The van der Waals surface area contributed by atoms with E-state index >= 15 is 0 Å². The first-order chi connectivity index (χ1) is 7.31. The third-order valence-corrected chi connectivity index (χ3v) is 2.28. The smallest absolute Gasteiger partial charge is 0.323 e. The van der Waals surface area contributed by atoms with Crippen molar-refractivity contribution in [2.75, 3.05) is 26.8 Å². The van der Waals surface area contributed by atoms with E-state index < -0.39 is 5.60 Å². The van der Waals surface area contributed by atoms with Crippen molar-refractivity contribution < 1.29 is 14.3 Å². The zero-order valence-corrected chi connectivity index (χ0v) is 11.4. The summed E-state index contributed by atoms with van der Waals surface area (Å²) in [6, 6.07) is -0.223. The summed E-state index contributed by atoms with van der Waals surface area (Å²) in [6.45, 7) is 11.7. The molecule has 4 nitrogen and oxygen atoms in total. The van der Waals surface area contributed by atoms with E-state index in [0.717, 1.165) is 13.1 Å². The van der Waals surface area contributed by atoms with Crippen LogP contribution in [0.4, 0.5) is 0 Å². The number of ether oxygens (including phenoxy) is 2. The summed E-state index contributed by atoms with van der Waals surface area (Å²) in [5.41, 5.74) is -0.425.